The highest BCUT2D eigenvalue weighted by Gasteiger charge is 2.42. The lowest BCUT2D eigenvalue weighted by molar-refractivity contribution is 0.471. The van der Waals surface area contributed by atoms with Crippen molar-refractivity contribution in [2.75, 3.05) is 4.90 Å². The first-order valence-electron chi connectivity index (χ1n) is 11.1. The Morgan fingerprint density at radius 2 is 1.76 bits per heavy atom. The number of phenols is 1. The topological polar surface area (TPSA) is 53.3 Å². The minimum atomic E-state index is -0.142. The number of nitrogens with zero attached hydrogens (tertiary/aromatic N) is 3. The van der Waals surface area contributed by atoms with Crippen LogP contribution in [-0.4, -0.2) is 19.8 Å². The van der Waals surface area contributed by atoms with Gasteiger partial charge in [0.1, 0.15) is 5.75 Å². The molecule has 4 aromatic rings. The van der Waals surface area contributed by atoms with E-state index in [9.17, 15) is 5.11 Å². The molecule has 1 aliphatic rings. The lowest BCUT2D eigenvalue weighted by Crippen LogP contribution is -2.29. The Kier molecular flexibility index (Phi) is 5.80. The summed E-state index contributed by atoms with van der Waals surface area (Å²) in [6.07, 6.45) is 1.80. The van der Waals surface area contributed by atoms with Gasteiger partial charge in [-0.15, -0.1) is 0 Å². The molecule has 2 aromatic carbocycles. The van der Waals surface area contributed by atoms with Crippen LogP contribution in [0.15, 0.2) is 72.9 Å². The maximum atomic E-state index is 10.6. The molecule has 3 heterocycles. The third-order valence-corrected chi connectivity index (χ3v) is 6.93. The molecule has 2 N–H and O–H groups in total. The fraction of sp³-hybridized carbons (Fsp3) is 0.185. The second-order valence-corrected chi connectivity index (χ2v) is 9.45. The van der Waals surface area contributed by atoms with Crippen molar-refractivity contribution < 1.29 is 5.11 Å². The Hall–Kier alpha value is -3.35. The summed E-state index contributed by atoms with van der Waals surface area (Å²) in [6, 6.07) is 21.3. The van der Waals surface area contributed by atoms with Crippen LogP contribution in [0.3, 0.4) is 0 Å². The van der Waals surface area contributed by atoms with Crippen LogP contribution in [0.25, 0.3) is 5.69 Å². The molecule has 34 heavy (non-hydrogen) atoms. The molecule has 0 spiro atoms. The van der Waals surface area contributed by atoms with E-state index in [4.69, 9.17) is 23.8 Å². The number of aryl methyl sites for hydroxylation is 2. The zero-order chi connectivity index (χ0) is 24.0. The molecule has 1 fully saturated rings. The van der Waals surface area contributed by atoms with Gasteiger partial charge in [0.05, 0.1) is 23.5 Å². The highest BCUT2D eigenvalue weighted by molar-refractivity contribution is 7.80. The Morgan fingerprint density at radius 3 is 2.47 bits per heavy atom. The molecule has 0 amide bonds. The monoisotopic (exact) mass is 488 g/mol. The number of thiocarbonyl (C=S) groups is 1. The largest absolute Gasteiger partial charge is 0.506 e. The third kappa shape index (κ3) is 3.83. The Balaban J connectivity index is 1.70. The molecule has 0 unspecified atom stereocenters. The first-order chi connectivity index (χ1) is 16.3. The standard InChI is InChI=1S/C27H25ClN4OS/c1-16-7-10-20(11-8-16)32-26(25(30-27(32)34)22-6-4-5-13-29-22)21-14-17(2)31(18(21)3)23-15-19(28)9-12-24(23)33/h4-15,25-26,33H,1-3H3,(H,30,34)/t25-,26-/m1/s1. The van der Waals surface area contributed by atoms with E-state index in [1.165, 1.54) is 5.56 Å². The van der Waals surface area contributed by atoms with Crippen LogP contribution in [0.5, 0.6) is 5.75 Å². The van der Waals surface area contributed by atoms with E-state index in [-0.39, 0.29) is 17.8 Å². The van der Waals surface area contributed by atoms with Gasteiger partial charge in [-0.2, -0.15) is 0 Å². The third-order valence-electron chi connectivity index (χ3n) is 6.38. The number of halogens is 1. The van der Waals surface area contributed by atoms with Gasteiger partial charge in [-0.05, 0) is 87.1 Å². The number of nitrogens with one attached hydrogen (secondary N) is 1. The van der Waals surface area contributed by atoms with Gasteiger partial charge in [-0.1, -0.05) is 35.4 Å². The van der Waals surface area contributed by atoms with Crippen molar-refractivity contribution >= 4 is 34.6 Å². The normalized spacial score (nSPS) is 17.8. The second-order valence-electron chi connectivity index (χ2n) is 8.63. The van der Waals surface area contributed by atoms with Gasteiger partial charge in [0.25, 0.3) is 0 Å². The molecule has 0 aliphatic carbocycles. The molecular formula is C27H25ClN4OS. The van der Waals surface area contributed by atoms with Gasteiger partial charge >= 0.3 is 0 Å². The summed E-state index contributed by atoms with van der Waals surface area (Å²) in [6.45, 7) is 6.17. The van der Waals surface area contributed by atoms with Crippen LogP contribution < -0.4 is 10.2 Å². The zero-order valence-electron chi connectivity index (χ0n) is 19.2. The molecule has 1 aliphatic heterocycles. The molecule has 0 bridgehead atoms. The van der Waals surface area contributed by atoms with Crippen molar-refractivity contribution in [3.05, 3.63) is 106 Å². The quantitative estimate of drug-likeness (QED) is 0.328. The predicted molar refractivity (Wildman–Crippen MR) is 141 cm³/mol. The lowest BCUT2D eigenvalue weighted by Gasteiger charge is -2.28. The molecule has 172 valence electrons. The van der Waals surface area contributed by atoms with Crippen molar-refractivity contribution in [3.8, 4) is 11.4 Å². The first-order valence-corrected chi connectivity index (χ1v) is 11.9. The lowest BCUT2D eigenvalue weighted by atomic mass is 9.96. The van der Waals surface area contributed by atoms with E-state index >= 15 is 0 Å². The number of aromatic hydroxyl groups is 1. The van der Waals surface area contributed by atoms with Crippen molar-refractivity contribution in [2.24, 2.45) is 0 Å². The van der Waals surface area contributed by atoms with Crippen LogP contribution in [-0.2, 0) is 0 Å². The number of hydrogen-bond donors (Lipinski definition) is 2. The first kappa shape index (κ1) is 22.4. The van der Waals surface area contributed by atoms with Crippen molar-refractivity contribution in [2.45, 2.75) is 32.9 Å². The molecular weight excluding hydrogens is 464 g/mol. The average Bonchev–Trinajstić information content (AvgIpc) is 3.32. The van der Waals surface area contributed by atoms with Crippen LogP contribution in [0.2, 0.25) is 5.02 Å². The fourth-order valence-electron chi connectivity index (χ4n) is 4.79. The second kappa shape index (κ2) is 8.78. The highest BCUT2D eigenvalue weighted by Crippen LogP contribution is 2.44. The van der Waals surface area contributed by atoms with Gasteiger partial charge < -0.3 is 19.9 Å². The molecule has 5 rings (SSSR count). The zero-order valence-corrected chi connectivity index (χ0v) is 20.7. The maximum absolute atomic E-state index is 10.6. The van der Waals surface area contributed by atoms with E-state index < -0.39 is 0 Å². The van der Waals surface area contributed by atoms with E-state index in [2.05, 4.69) is 59.4 Å². The van der Waals surface area contributed by atoms with Crippen LogP contribution in [0, 0.1) is 20.8 Å². The number of hydrogen-bond acceptors (Lipinski definition) is 3. The molecule has 0 radical (unpaired) electrons. The highest BCUT2D eigenvalue weighted by atomic mass is 35.5. The van der Waals surface area contributed by atoms with Gasteiger partial charge in [0, 0.05) is 28.3 Å². The van der Waals surface area contributed by atoms with Gasteiger partial charge in [0.15, 0.2) is 5.11 Å². The molecule has 1 saturated heterocycles. The Morgan fingerprint density at radius 1 is 1.00 bits per heavy atom. The molecule has 7 heteroatoms. The maximum Gasteiger partial charge on any atom is 0.174 e. The Labute approximate surface area is 209 Å². The van der Waals surface area contributed by atoms with Crippen LogP contribution in [0.4, 0.5) is 5.69 Å². The molecule has 5 nitrogen and oxygen atoms in total. The van der Waals surface area contributed by atoms with Crippen molar-refractivity contribution in [1.29, 1.82) is 0 Å². The van der Waals surface area contributed by atoms with E-state index in [1.54, 1.807) is 24.4 Å². The molecule has 0 saturated carbocycles. The van der Waals surface area contributed by atoms with Crippen molar-refractivity contribution in [1.82, 2.24) is 14.9 Å². The number of benzene rings is 2. The summed E-state index contributed by atoms with van der Waals surface area (Å²) in [5.41, 5.74) is 6.87. The number of aromatic nitrogens is 2. The summed E-state index contributed by atoms with van der Waals surface area (Å²) in [5, 5.41) is 15.3. The van der Waals surface area contributed by atoms with Crippen molar-refractivity contribution in [3.63, 3.8) is 0 Å². The summed E-state index contributed by atoms with van der Waals surface area (Å²) in [7, 11) is 0. The van der Waals surface area contributed by atoms with Gasteiger partial charge in [0.2, 0.25) is 0 Å². The SMILES string of the molecule is Cc1ccc(N2C(=S)N[C@H](c3ccccn3)[C@H]2c2cc(C)n(-c3cc(Cl)ccc3O)c2C)cc1. The van der Waals surface area contributed by atoms with Gasteiger partial charge in [-0.25, -0.2) is 0 Å². The Bertz CT molecular complexity index is 1370. The number of rotatable bonds is 4. The smallest absolute Gasteiger partial charge is 0.174 e. The van der Waals surface area contributed by atoms with E-state index in [0.29, 0.717) is 15.8 Å². The predicted octanol–water partition coefficient (Wildman–Crippen LogP) is 6.33. The van der Waals surface area contributed by atoms with E-state index in [1.807, 2.05) is 29.7 Å². The number of pyridine rings is 1. The van der Waals surface area contributed by atoms with Crippen LogP contribution in [0.1, 0.15) is 40.3 Å². The minimum Gasteiger partial charge on any atom is -0.506 e. The molecule has 2 atom stereocenters. The average molecular weight is 489 g/mol. The summed E-state index contributed by atoms with van der Waals surface area (Å²) < 4.78 is 2.04. The fourth-order valence-corrected chi connectivity index (χ4v) is 5.30. The van der Waals surface area contributed by atoms with Crippen LogP contribution >= 0.6 is 23.8 Å². The number of phenolic OH excluding ortho intramolecular Hbond substituents is 1. The summed E-state index contributed by atoms with van der Waals surface area (Å²) in [5.74, 6) is 0.175. The minimum absolute atomic E-state index is 0.133. The molecule has 2 aromatic heterocycles. The van der Waals surface area contributed by atoms with E-state index in [0.717, 1.165) is 28.3 Å². The van der Waals surface area contributed by atoms with Gasteiger partial charge in [-0.3, -0.25) is 4.98 Å². The summed E-state index contributed by atoms with van der Waals surface area (Å²) in [4.78, 5) is 6.81. The number of anilines is 1. The summed E-state index contributed by atoms with van der Waals surface area (Å²) >= 11 is 12.1.